The average Bonchev–Trinajstić information content (AvgIpc) is 3.30. The summed E-state index contributed by atoms with van der Waals surface area (Å²) in [7, 11) is 0. The summed E-state index contributed by atoms with van der Waals surface area (Å²) >= 11 is 1.34. The van der Waals surface area contributed by atoms with Crippen molar-refractivity contribution in [2.75, 3.05) is 42.9 Å². The summed E-state index contributed by atoms with van der Waals surface area (Å²) in [5.74, 6) is 0.714. The van der Waals surface area contributed by atoms with Crippen LogP contribution in [0.5, 0.6) is 5.75 Å². The Balaban J connectivity index is 1.08. The molecule has 1 aliphatic heterocycles. The maximum absolute atomic E-state index is 12.5. The molecular weight excluding hydrogens is 446 g/mol. The molecule has 0 saturated carbocycles. The minimum absolute atomic E-state index is 0.0677. The van der Waals surface area contributed by atoms with E-state index in [1.807, 2.05) is 30.3 Å². The van der Waals surface area contributed by atoms with Gasteiger partial charge in [0.05, 0.1) is 6.54 Å². The van der Waals surface area contributed by atoms with Crippen molar-refractivity contribution in [1.29, 1.82) is 0 Å². The zero-order valence-corrected chi connectivity index (χ0v) is 19.9. The van der Waals surface area contributed by atoms with E-state index in [2.05, 4.69) is 68.6 Å². The van der Waals surface area contributed by atoms with Gasteiger partial charge in [0, 0.05) is 31.9 Å². The molecule has 0 bridgehead atoms. The molecule has 1 aromatic heterocycles. The molecule has 5 rings (SSSR count). The number of aromatic nitrogens is 2. The molecule has 0 unspecified atom stereocenters. The highest BCUT2D eigenvalue weighted by Crippen LogP contribution is 2.23. The van der Waals surface area contributed by atoms with Crippen LogP contribution in [0.15, 0.2) is 66.7 Å². The highest BCUT2D eigenvalue weighted by atomic mass is 32.1. The standard InChI is InChI=1S/C26H27N5O2S/c1-19-6-9-22(10-7-19)31-14-12-30(13-15-31)17-24(32)27-26-29-28-25(34-26)18-33-23-11-8-20-4-2-3-5-21(20)16-23/h2-11,16H,12-15,17-18H2,1H3,(H,27,29,32). The van der Waals surface area contributed by atoms with E-state index >= 15 is 0 Å². The smallest absolute Gasteiger partial charge is 0.240 e. The van der Waals surface area contributed by atoms with Gasteiger partial charge in [-0.1, -0.05) is 59.4 Å². The van der Waals surface area contributed by atoms with E-state index in [9.17, 15) is 4.79 Å². The highest BCUT2D eigenvalue weighted by Gasteiger charge is 2.20. The number of fused-ring (bicyclic) bond motifs is 1. The maximum atomic E-state index is 12.5. The minimum atomic E-state index is -0.0677. The topological polar surface area (TPSA) is 70.6 Å². The molecule has 3 aromatic carbocycles. The third-order valence-corrected chi connectivity index (χ3v) is 6.75. The van der Waals surface area contributed by atoms with Crippen LogP contribution in [0.25, 0.3) is 10.8 Å². The van der Waals surface area contributed by atoms with E-state index in [-0.39, 0.29) is 5.91 Å². The van der Waals surface area contributed by atoms with E-state index < -0.39 is 0 Å². The largest absolute Gasteiger partial charge is 0.486 e. The van der Waals surface area contributed by atoms with Crippen molar-refractivity contribution in [3.05, 3.63) is 77.3 Å². The average molecular weight is 474 g/mol. The Bertz CT molecular complexity index is 1270. The third-order valence-electron chi connectivity index (χ3n) is 5.94. The summed E-state index contributed by atoms with van der Waals surface area (Å²) in [6, 6.07) is 22.8. The fraction of sp³-hybridized carbons (Fsp3) is 0.269. The van der Waals surface area contributed by atoms with Gasteiger partial charge in [0.2, 0.25) is 11.0 Å². The molecule has 0 atom stereocenters. The maximum Gasteiger partial charge on any atom is 0.240 e. The Hall–Kier alpha value is -3.49. The number of anilines is 2. The van der Waals surface area contributed by atoms with Crippen molar-refractivity contribution in [2.24, 2.45) is 0 Å². The Labute approximate surface area is 203 Å². The van der Waals surface area contributed by atoms with Crippen LogP contribution in [0.3, 0.4) is 0 Å². The van der Waals surface area contributed by atoms with Gasteiger partial charge in [-0.15, -0.1) is 10.2 Å². The first-order chi connectivity index (χ1) is 16.6. The minimum Gasteiger partial charge on any atom is -0.486 e. The monoisotopic (exact) mass is 473 g/mol. The van der Waals surface area contributed by atoms with Gasteiger partial charge in [-0.25, -0.2) is 0 Å². The Kier molecular flexibility index (Phi) is 6.69. The number of piperazine rings is 1. The number of hydrogen-bond donors (Lipinski definition) is 1. The quantitative estimate of drug-likeness (QED) is 0.431. The first-order valence-electron chi connectivity index (χ1n) is 11.4. The molecule has 1 fully saturated rings. The van der Waals surface area contributed by atoms with Crippen molar-refractivity contribution < 1.29 is 9.53 Å². The molecule has 34 heavy (non-hydrogen) atoms. The molecule has 1 N–H and O–H groups in total. The highest BCUT2D eigenvalue weighted by molar-refractivity contribution is 7.15. The van der Waals surface area contributed by atoms with Crippen molar-refractivity contribution in [3.8, 4) is 5.75 Å². The van der Waals surface area contributed by atoms with Crippen LogP contribution >= 0.6 is 11.3 Å². The van der Waals surface area contributed by atoms with E-state index in [4.69, 9.17) is 4.74 Å². The van der Waals surface area contributed by atoms with Gasteiger partial charge in [0.15, 0.2) is 5.01 Å². The molecular formula is C26H27N5O2S. The lowest BCUT2D eigenvalue weighted by Crippen LogP contribution is -2.48. The zero-order valence-electron chi connectivity index (χ0n) is 19.1. The fourth-order valence-corrected chi connectivity index (χ4v) is 4.72. The molecule has 174 valence electrons. The fourth-order valence-electron chi connectivity index (χ4n) is 4.05. The Morgan fingerprint density at radius 2 is 1.74 bits per heavy atom. The van der Waals surface area contributed by atoms with Crippen LogP contribution in [0.2, 0.25) is 0 Å². The van der Waals surface area contributed by atoms with Crippen LogP contribution < -0.4 is 15.0 Å². The molecule has 8 heteroatoms. The van der Waals surface area contributed by atoms with Gasteiger partial charge in [-0.3, -0.25) is 15.0 Å². The lowest BCUT2D eigenvalue weighted by Gasteiger charge is -2.35. The Morgan fingerprint density at radius 1 is 0.971 bits per heavy atom. The van der Waals surface area contributed by atoms with Crippen LogP contribution in [-0.4, -0.2) is 53.7 Å². The third kappa shape index (κ3) is 5.52. The van der Waals surface area contributed by atoms with Gasteiger partial charge in [0.25, 0.3) is 0 Å². The first kappa shape index (κ1) is 22.3. The number of nitrogens with one attached hydrogen (secondary N) is 1. The number of hydrogen-bond acceptors (Lipinski definition) is 7. The lowest BCUT2D eigenvalue weighted by molar-refractivity contribution is -0.117. The van der Waals surface area contributed by atoms with E-state index in [0.29, 0.717) is 18.3 Å². The summed E-state index contributed by atoms with van der Waals surface area (Å²) in [4.78, 5) is 17.1. The Morgan fingerprint density at radius 3 is 2.53 bits per heavy atom. The van der Waals surface area contributed by atoms with Crippen LogP contribution in [0.4, 0.5) is 10.8 Å². The molecule has 0 spiro atoms. The second kappa shape index (κ2) is 10.2. The van der Waals surface area contributed by atoms with Crippen molar-refractivity contribution >= 4 is 38.8 Å². The van der Waals surface area contributed by atoms with Gasteiger partial charge >= 0.3 is 0 Å². The number of carbonyl (C=O) groups is 1. The molecule has 7 nitrogen and oxygen atoms in total. The molecule has 0 radical (unpaired) electrons. The van der Waals surface area contributed by atoms with Gasteiger partial charge in [-0.2, -0.15) is 0 Å². The molecule has 0 aliphatic carbocycles. The van der Waals surface area contributed by atoms with E-state index in [1.54, 1.807) is 0 Å². The molecule has 4 aromatic rings. The van der Waals surface area contributed by atoms with E-state index in [0.717, 1.165) is 42.3 Å². The summed E-state index contributed by atoms with van der Waals surface area (Å²) in [6.07, 6.45) is 0. The number of carbonyl (C=O) groups excluding carboxylic acids is 1. The zero-order chi connectivity index (χ0) is 23.3. The van der Waals surface area contributed by atoms with Crippen LogP contribution in [0.1, 0.15) is 10.6 Å². The number of benzene rings is 3. The number of amides is 1. The molecule has 1 saturated heterocycles. The summed E-state index contributed by atoms with van der Waals surface area (Å²) in [6.45, 7) is 6.28. The van der Waals surface area contributed by atoms with Crippen LogP contribution in [0, 0.1) is 6.92 Å². The van der Waals surface area contributed by atoms with Gasteiger partial charge in [0.1, 0.15) is 12.4 Å². The first-order valence-corrected chi connectivity index (χ1v) is 12.2. The molecule has 1 amide bonds. The normalized spacial score (nSPS) is 14.3. The second-order valence-corrected chi connectivity index (χ2v) is 9.51. The predicted molar refractivity (Wildman–Crippen MR) is 137 cm³/mol. The number of nitrogens with zero attached hydrogens (tertiary/aromatic N) is 4. The number of rotatable bonds is 7. The lowest BCUT2D eigenvalue weighted by atomic mass is 10.1. The summed E-state index contributed by atoms with van der Waals surface area (Å²) in [5.41, 5.74) is 2.50. The summed E-state index contributed by atoms with van der Waals surface area (Å²) < 4.78 is 5.88. The molecule has 2 heterocycles. The van der Waals surface area contributed by atoms with E-state index in [1.165, 1.54) is 28.0 Å². The molecule has 1 aliphatic rings. The number of aryl methyl sites for hydroxylation is 1. The number of ether oxygens (including phenoxy) is 1. The second-order valence-electron chi connectivity index (χ2n) is 8.45. The van der Waals surface area contributed by atoms with Crippen LogP contribution in [-0.2, 0) is 11.4 Å². The predicted octanol–water partition coefficient (Wildman–Crippen LogP) is 4.34. The van der Waals surface area contributed by atoms with Gasteiger partial charge in [-0.05, 0) is 42.0 Å². The van der Waals surface area contributed by atoms with Crippen molar-refractivity contribution in [3.63, 3.8) is 0 Å². The van der Waals surface area contributed by atoms with Crippen molar-refractivity contribution in [1.82, 2.24) is 15.1 Å². The van der Waals surface area contributed by atoms with Gasteiger partial charge < -0.3 is 9.64 Å². The van der Waals surface area contributed by atoms with Crippen molar-refractivity contribution in [2.45, 2.75) is 13.5 Å². The summed E-state index contributed by atoms with van der Waals surface area (Å²) in [5, 5.41) is 14.6. The SMILES string of the molecule is Cc1ccc(N2CCN(CC(=O)Nc3nnc(COc4ccc5ccccc5c4)s3)CC2)cc1.